The first-order valence-electron chi connectivity index (χ1n) is 8.51. The lowest BCUT2D eigenvalue weighted by molar-refractivity contribution is 0.102. The third-order valence-electron chi connectivity index (χ3n) is 4.31. The number of rotatable bonds is 3. The number of amides is 1. The van der Waals surface area contributed by atoms with Crippen LogP contribution in [0.2, 0.25) is 0 Å². The smallest absolute Gasteiger partial charge is 0.257 e. The summed E-state index contributed by atoms with van der Waals surface area (Å²) in [5.74, 6) is 0.0405. The lowest BCUT2D eigenvalue weighted by Gasteiger charge is -2.07. The van der Waals surface area contributed by atoms with E-state index in [0.717, 1.165) is 16.7 Å². The Bertz CT molecular complexity index is 1170. The molecule has 0 spiro atoms. The molecular weight excluding hydrogens is 343 g/mol. The van der Waals surface area contributed by atoms with Gasteiger partial charge in [-0.1, -0.05) is 12.1 Å². The molecule has 1 amide bonds. The van der Waals surface area contributed by atoms with E-state index in [4.69, 9.17) is 0 Å². The van der Waals surface area contributed by atoms with Crippen molar-refractivity contribution >= 4 is 22.6 Å². The van der Waals surface area contributed by atoms with Gasteiger partial charge >= 0.3 is 0 Å². The number of hydrogen-bond acceptors (Lipinski definition) is 3. The normalized spacial score (nSPS) is 10.9. The molecule has 134 valence electrons. The molecule has 6 heteroatoms. The lowest BCUT2D eigenvalue weighted by atomic mass is 10.1. The van der Waals surface area contributed by atoms with Gasteiger partial charge < -0.3 is 10.3 Å². The Morgan fingerprint density at radius 1 is 1.04 bits per heavy atom. The third-order valence-corrected chi connectivity index (χ3v) is 4.31. The zero-order valence-corrected chi connectivity index (χ0v) is 14.9. The summed E-state index contributed by atoms with van der Waals surface area (Å²) in [5, 5.41) is 2.88. The van der Waals surface area contributed by atoms with Gasteiger partial charge in [-0.15, -0.1) is 0 Å². The van der Waals surface area contributed by atoms with Crippen LogP contribution >= 0.6 is 0 Å². The molecule has 2 heterocycles. The average molecular weight is 360 g/mol. The predicted octanol–water partition coefficient (Wildman–Crippen LogP) is 4.63. The predicted molar refractivity (Wildman–Crippen MR) is 103 cm³/mol. The summed E-state index contributed by atoms with van der Waals surface area (Å²) in [5.41, 5.74) is 4.88. The Kier molecular flexibility index (Phi) is 4.16. The van der Waals surface area contributed by atoms with Gasteiger partial charge in [0, 0.05) is 16.9 Å². The number of carbonyl (C=O) groups is 1. The van der Waals surface area contributed by atoms with Crippen LogP contribution in [0.4, 0.5) is 10.1 Å². The highest BCUT2D eigenvalue weighted by Crippen LogP contribution is 2.23. The van der Waals surface area contributed by atoms with E-state index in [2.05, 4.69) is 20.3 Å². The number of nitrogens with zero attached hydrogens (tertiary/aromatic N) is 2. The zero-order chi connectivity index (χ0) is 19.0. The van der Waals surface area contributed by atoms with Gasteiger partial charge in [0.15, 0.2) is 0 Å². The van der Waals surface area contributed by atoms with Gasteiger partial charge in [-0.25, -0.2) is 9.37 Å². The number of aryl methyl sites for hydroxylation is 2. The topological polar surface area (TPSA) is 70.7 Å². The SMILES string of the molecule is Cc1ccc(C(=O)Nc2ccc3nc(-c4cccc(F)c4)[nH]c3c2)c(C)n1. The fourth-order valence-corrected chi connectivity index (χ4v) is 2.98. The fourth-order valence-electron chi connectivity index (χ4n) is 2.98. The molecule has 4 aromatic rings. The van der Waals surface area contributed by atoms with Crippen molar-refractivity contribution in [3.05, 3.63) is 77.4 Å². The molecule has 0 radical (unpaired) electrons. The molecule has 0 unspecified atom stereocenters. The molecule has 0 fully saturated rings. The van der Waals surface area contributed by atoms with Crippen LogP contribution in [-0.4, -0.2) is 20.9 Å². The first-order valence-corrected chi connectivity index (χ1v) is 8.51. The first kappa shape index (κ1) is 16.9. The minimum absolute atomic E-state index is 0.218. The Labute approximate surface area is 155 Å². The number of nitrogens with one attached hydrogen (secondary N) is 2. The lowest BCUT2D eigenvalue weighted by Crippen LogP contribution is -2.14. The molecule has 0 saturated carbocycles. The highest BCUT2D eigenvalue weighted by molar-refractivity contribution is 6.05. The van der Waals surface area contributed by atoms with Crippen LogP contribution in [-0.2, 0) is 0 Å². The van der Waals surface area contributed by atoms with Crippen molar-refractivity contribution in [3.63, 3.8) is 0 Å². The van der Waals surface area contributed by atoms with E-state index in [9.17, 15) is 9.18 Å². The van der Waals surface area contributed by atoms with Crippen molar-refractivity contribution in [2.24, 2.45) is 0 Å². The monoisotopic (exact) mass is 360 g/mol. The van der Waals surface area contributed by atoms with Gasteiger partial charge in [0.25, 0.3) is 5.91 Å². The second-order valence-corrected chi connectivity index (χ2v) is 6.37. The molecule has 2 aromatic carbocycles. The van der Waals surface area contributed by atoms with Gasteiger partial charge in [-0.2, -0.15) is 0 Å². The Hall–Kier alpha value is -3.54. The van der Waals surface area contributed by atoms with E-state index in [1.165, 1.54) is 12.1 Å². The highest BCUT2D eigenvalue weighted by atomic mass is 19.1. The van der Waals surface area contributed by atoms with Crippen LogP contribution in [0.25, 0.3) is 22.4 Å². The van der Waals surface area contributed by atoms with Gasteiger partial charge in [0.05, 0.1) is 22.3 Å². The summed E-state index contributed by atoms with van der Waals surface area (Å²) >= 11 is 0. The maximum absolute atomic E-state index is 13.4. The van der Waals surface area contributed by atoms with Gasteiger partial charge in [-0.3, -0.25) is 9.78 Å². The van der Waals surface area contributed by atoms with E-state index in [-0.39, 0.29) is 11.7 Å². The van der Waals surface area contributed by atoms with Gasteiger partial charge in [0.2, 0.25) is 0 Å². The molecule has 0 bridgehead atoms. The zero-order valence-electron chi connectivity index (χ0n) is 14.9. The summed E-state index contributed by atoms with van der Waals surface area (Å²) < 4.78 is 13.4. The summed E-state index contributed by atoms with van der Waals surface area (Å²) in [6.45, 7) is 3.70. The molecule has 4 rings (SSSR count). The number of anilines is 1. The molecule has 2 aromatic heterocycles. The van der Waals surface area contributed by atoms with E-state index in [0.29, 0.717) is 28.3 Å². The standard InChI is InChI=1S/C21H17FN4O/c1-12-6-8-17(13(2)23-12)21(27)24-16-7-9-18-19(11-16)26-20(25-18)14-4-3-5-15(22)10-14/h3-11H,1-2H3,(H,24,27)(H,25,26). The number of halogens is 1. The number of imidazole rings is 1. The quantitative estimate of drug-likeness (QED) is 0.559. The van der Waals surface area contributed by atoms with Crippen molar-refractivity contribution in [1.29, 1.82) is 0 Å². The number of hydrogen-bond donors (Lipinski definition) is 2. The van der Waals surface area contributed by atoms with E-state index in [1.54, 1.807) is 30.3 Å². The molecule has 0 aliphatic carbocycles. The summed E-state index contributed by atoms with van der Waals surface area (Å²) in [6, 6.07) is 15.2. The van der Waals surface area contributed by atoms with E-state index >= 15 is 0 Å². The minimum atomic E-state index is -0.317. The van der Waals surface area contributed by atoms with E-state index < -0.39 is 0 Å². The fraction of sp³-hybridized carbons (Fsp3) is 0.0952. The van der Waals surface area contributed by atoms with Crippen LogP contribution in [0.3, 0.4) is 0 Å². The third kappa shape index (κ3) is 3.42. The maximum atomic E-state index is 13.4. The maximum Gasteiger partial charge on any atom is 0.257 e. The number of aromatic amines is 1. The van der Waals surface area contributed by atoms with Crippen LogP contribution in [0, 0.1) is 19.7 Å². The molecule has 0 saturated heterocycles. The van der Waals surface area contributed by atoms with Crippen molar-refractivity contribution < 1.29 is 9.18 Å². The second kappa shape index (κ2) is 6.64. The molecule has 0 aliphatic heterocycles. The van der Waals surface area contributed by atoms with Crippen LogP contribution < -0.4 is 5.32 Å². The molecule has 5 nitrogen and oxygen atoms in total. The number of aromatic nitrogens is 3. The van der Waals surface area contributed by atoms with E-state index in [1.807, 2.05) is 26.0 Å². The summed E-state index contributed by atoms with van der Waals surface area (Å²) in [6.07, 6.45) is 0. The van der Waals surface area contributed by atoms with Crippen molar-refractivity contribution in [3.8, 4) is 11.4 Å². The molecule has 2 N–H and O–H groups in total. The van der Waals surface area contributed by atoms with Crippen molar-refractivity contribution in [1.82, 2.24) is 15.0 Å². The summed E-state index contributed by atoms with van der Waals surface area (Å²) in [7, 11) is 0. The van der Waals surface area contributed by atoms with Crippen molar-refractivity contribution in [2.45, 2.75) is 13.8 Å². The van der Waals surface area contributed by atoms with Gasteiger partial charge in [0.1, 0.15) is 11.6 Å². The number of H-pyrrole nitrogens is 1. The summed E-state index contributed by atoms with van der Waals surface area (Å²) in [4.78, 5) is 24.5. The largest absolute Gasteiger partial charge is 0.338 e. The average Bonchev–Trinajstić information content (AvgIpc) is 3.05. The Balaban J connectivity index is 1.62. The number of benzene rings is 2. The number of pyridine rings is 1. The number of carbonyl (C=O) groups excluding carboxylic acids is 1. The Morgan fingerprint density at radius 2 is 1.89 bits per heavy atom. The van der Waals surface area contributed by atoms with Crippen LogP contribution in [0.1, 0.15) is 21.7 Å². The molecule has 27 heavy (non-hydrogen) atoms. The Morgan fingerprint density at radius 3 is 2.67 bits per heavy atom. The van der Waals surface area contributed by atoms with Crippen molar-refractivity contribution in [2.75, 3.05) is 5.32 Å². The second-order valence-electron chi connectivity index (χ2n) is 6.37. The van der Waals surface area contributed by atoms with Gasteiger partial charge in [-0.05, 0) is 56.3 Å². The molecular formula is C21H17FN4O. The molecule has 0 aliphatic rings. The molecule has 0 atom stereocenters. The number of fused-ring (bicyclic) bond motifs is 1. The minimum Gasteiger partial charge on any atom is -0.338 e. The van der Waals surface area contributed by atoms with Crippen LogP contribution in [0.5, 0.6) is 0 Å². The van der Waals surface area contributed by atoms with Crippen LogP contribution in [0.15, 0.2) is 54.6 Å². The first-order chi connectivity index (χ1) is 13.0. The highest BCUT2D eigenvalue weighted by Gasteiger charge is 2.12.